The minimum Gasteiger partial charge on any atom is -0.292 e. The molecule has 0 bridgehead atoms. The van der Waals surface area contributed by atoms with Crippen LogP contribution in [0.25, 0.3) is 43.1 Å². The number of rotatable bonds is 0. The summed E-state index contributed by atoms with van der Waals surface area (Å²) in [6.45, 7) is 0. The molecule has 1 heterocycles. The number of amides is 2. The zero-order valence-corrected chi connectivity index (χ0v) is 13.8. The van der Waals surface area contributed by atoms with Crippen LogP contribution in [0.5, 0.6) is 0 Å². The van der Waals surface area contributed by atoms with Crippen molar-refractivity contribution in [2.75, 3.05) is 0 Å². The first-order valence-electron chi connectivity index (χ1n) is 8.67. The van der Waals surface area contributed by atoms with Gasteiger partial charge in [-0.25, -0.2) is 0 Å². The van der Waals surface area contributed by atoms with Crippen molar-refractivity contribution in [1.82, 2.24) is 5.32 Å². The molecule has 0 aliphatic carbocycles. The van der Waals surface area contributed by atoms with Gasteiger partial charge >= 0.3 is 0 Å². The third-order valence-electron chi connectivity index (χ3n) is 5.58. The van der Waals surface area contributed by atoms with Crippen molar-refractivity contribution in [3.05, 3.63) is 71.8 Å². The Labute approximate surface area is 148 Å². The molecule has 2 amide bonds. The van der Waals surface area contributed by atoms with Crippen LogP contribution in [-0.2, 0) is 11.2 Å². The molecule has 1 N–H and O–H groups in total. The number of hydrogen-bond donors (Lipinski definition) is 1. The molecular weight excluding hydrogens is 322 g/mol. The molecule has 0 spiro atoms. The topological polar surface area (TPSA) is 46.2 Å². The van der Waals surface area contributed by atoms with Gasteiger partial charge in [-0.2, -0.15) is 0 Å². The van der Waals surface area contributed by atoms with Crippen LogP contribution in [-0.4, -0.2) is 11.8 Å². The molecule has 5 aromatic carbocycles. The first-order chi connectivity index (χ1) is 12.7. The van der Waals surface area contributed by atoms with E-state index in [1.54, 1.807) is 0 Å². The lowest BCUT2D eigenvalue weighted by atomic mass is 9.86. The van der Waals surface area contributed by atoms with Crippen molar-refractivity contribution < 1.29 is 9.59 Å². The van der Waals surface area contributed by atoms with E-state index in [1.807, 2.05) is 18.2 Å². The highest BCUT2D eigenvalue weighted by atomic mass is 16.2. The molecule has 1 aliphatic heterocycles. The Balaban J connectivity index is 1.98. The number of nitrogens with one attached hydrogen (secondary N) is 1. The van der Waals surface area contributed by atoms with Crippen LogP contribution in [0.1, 0.15) is 15.9 Å². The normalized spacial score (nSPS) is 14.5. The standard InChI is InChI=1S/C23H13NO2/c25-19-11-13-7-8-16-14-5-1-3-12-4-2-6-15(20(12)14)17-9-10-18(23(26)24-19)21(13)22(16)17/h1-10H,11H2,(H,24,25,26). The zero-order chi connectivity index (χ0) is 17.4. The van der Waals surface area contributed by atoms with E-state index in [9.17, 15) is 9.59 Å². The molecule has 0 atom stereocenters. The fourth-order valence-corrected chi connectivity index (χ4v) is 4.55. The lowest BCUT2D eigenvalue weighted by Crippen LogP contribution is -2.29. The van der Waals surface area contributed by atoms with Gasteiger partial charge in [-0.1, -0.05) is 54.6 Å². The van der Waals surface area contributed by atoms with Crippen LogP contribution >= 0.6 is 0 Å². The Morgan fingerprint density at radius 3 is 2.04 bits per heavy atom. The molecular formula is C23H13NO2. The molecule has 0 fully saturated rings. The summed E-state index contributed by atoms with van der Waals surface area (Å²) < 4.78 is 0. The van der Waals surface area contributed by atoms with Gasteiger partial charge in [0.2, 0.25) is 5.91 Å². The van der Waals surface area contributed by atoms with E-state index in [2.05, 4.69) is 47.8 Å². The van der Waals surface area contributed by atoms with Crippen molar-refractivity contribution in [1.29, 1.82) is 0 Å². The van der Waals surface area contributed by atoms with Gasteiger partial charge in [-0.3, -0.25) is 14.9 Å². The van der Waals surface area contributed by atoms with Gasteiger partial charge in [0.25, 0.3) is 5.91 Å². The summed E-state index contributed by atoms with van der Waals surface area (Å²) in [6, 6.07) is 20.7. The molecule has 3 nitrogen and oxygen atoms in total. The largest absolute Gasteiger partial charge is 0.292 e. The van der Waals surface area contributed by atoms with Crippen molar-refractivity contribution in [2.45, 2.75) is 6.42 Å². The number of imide groups is 1. The van der Waals surface area contributed by atoms with Gasteiger partial charge in [0.15, 0.2) is 0 Å². The SMILES string of the molecule is O=C1Cc2ccc3c4cccc5cccc(c6ccc(c2c36)C(=O)N1)c54. The lowest BCUT2D eigenvalue weighted by Gasteiger charge is -2.16. The highest BCUT2D eigenvalue weighted by Gasteiger charge is 2.24. The van der Waals surface area contributed by atoms with Crippen molar-refractivity contribution in [3.63, 3.8) is 0 Å². The number of carbonyl (C=O) groups excluding carboxylic acids is 2. The molecule has 0 saturated heterocycles. The molecule has 0 aromatic heterocycles. The lowest BCUT2D eigenvalue weighted by molar-refractivity contribution is -0.119. The maximum Gasteiger partial charge on any atom is 0.258 e. The Morgan fingerprint density at radius 2 is 1.31 bits per heavy atom. The van der Waals surface area contributed by atoms with Crippen molar-refractivity contribution in [3.8, 4) is 0 Å². The third-order valence-corrected chi connectivity index (χ3v) is 5.58. The number of fused-ring (bicyclic) bond motifs is 2. The van der Waals surface area contributed by atoms with Gasteiger partial charge in [-0.15, -0.1) is 0 Å². The molecule has 1 aliphatic rings. The smallest absolute Gasteiger partial charge is 0.258 e. The summed E-state index contributed by atoms with van der Waals surface area (Å²) >= 11 is 0. The fraction of sp³-hybridized carbons (Fsp3) is 0.0435. The Hall–Kier alpha value is -3.46. The second-order valence-corrected chi connectivity index (χ2v) is 6.95. The second-order valence-electron chi connectivity index (χ2n) is 6.95. The molecule has 3 heteroatoms. The van der Waals surface area contributed by atoms with E-state index in [1.165, 1.54) is 21.5 Å². The highest BCUT2D eigenvalue weighted by molar-refractivity contribution is 6.35. The van der Waals surface area contributed by atoms with Crippen LogP contribution in [0.4, 0.5) is 0 Å². The highest BCUT2D eigenvalue weighted by Crippen LogP contribution is 2.42. The second kappa shape index (κ2) is 4.58. The van der Waals surface area contributed by atoms with E-state index in [0.29, 0.717) is 5.56 Å². The third kappa shape index (κ3) is 1.58. The van der Waals surface area contributed by atoms with Crippen LogP contribution in [0, 0.1) is 0 Å². The Morgan fingerprint density at radius 1 is 0.654 bits per heavy atom. The molecule has 0 unspecified atom stereocenters. The molecule has 122 valence electrons. The Kier molecular flexibility index (Phi) is 2.43. The summed E-state index contributed by atoms with van der Waals surface area (Å²) in [5.41, 5.74) is 1.49. The summed E-state index contributed by atoms with van der Waals surface area (Å²) in [4.78, 5) is 24.6. The van der Waals surface area contributed by atoms with E-state index in [4.69, 9.17) is 0 Å². The zero-order valence-electron chi connectivity index (χ0n) is 13.8. The Bertz CT molecular complexity index is 1360. The number of hydrogen-bond acceptors (Lipinski definition) is 2. The summed E-state index contributed by atoms with van der Waals surface area (Å²) in [5, 5.41) is 11.6. The van der Waals surface area contributed by atoms with Crippen molar-refractivity contribution in [2.24, 2.45) is 0 Å². The number of benzene rings is 5. The quantitative estimate of drug-likeness (QED) is 0.256. The molecule has 5 aromatic rings. The minimum absolute atomic E-state index is 0.227. The number of carbonyl (C=O) groups is 2. The van der Waals surface area contributed by atoms with E-state index in [-0.39, 0.29) is 18.2 Å². The van der Waals surface area contributed by atoms with E-state index in [0.717, 1.165) is 27.1 Å². The maximum absolute atomic E-state index is 12.5. The molecule has 0 saturated carbocycles. The van der Waals surface area contributed by atoms with Gasteiger partial charge < -0.3 is 0 Å². The molecule has 26 heavy (non-hydrogen) atoms. The van der Waals surface area contributed by atoms with Gasteiger partial charge in [0.1, 0.15) is 0 Å². The average Bonchev–Trinajstić information content (AvgIpc) is 2.78. The molecule has 6 rings (SSSR count). The van der Waals surface area contributed by atoms with Gasteiger partial charge in [0.05, 0.1) is 6.42 Å². The van der Waals surface area contributed by atoms with Crippen LogP contribution in [0.3, 0.4) is 0 Å². The maximum atomic E-state index is 12.5. The molecule has 0 radical (unpaired) electrons. The van der Waals surface area contributed by atoms with E-state index < -0.39 is 0 Å². The van der Waals surface area contributed by atoms with Crippen LogP contribution in [0.2, 0.25) is 0 Å². The predicted molar refractivity (Wildman–Crippen MR) is 104 cm³/mol. The minimum atomic E-state index is -0.311. The summed E-state index contributed by atoms with van der Waals surface area (Å²) in [7, 11) is 0. The first-order valence-corrected chi connectivity index (χ1v) is 8.67. The van der Waals surface area contributed by atoms with Gasteiger partial charge in [-0.05, 0) is 54.7 Å². The monoisotopic (exact) mass is 335 g/mol. The summed E-state index contributed by atoms with van der Waals surface area (Å²) in [6.07, 6.45) is 0.227. The summed E-state index contributed by atoms with van der Waals surface area (Å²) in [5.74, 6) is -0.559. The van der Waals surface area contributed by atoms with Crippen LogP contribution in [0.15, 0.2) is 60.7 Å². The first kappa shape index (κ1) is 13.8. The van der Waals surface area contributed by atoms with Gasteiger partial charge in [0, 0.05) is 5.56 Å². The fourth-order valence-electron chi connectivity index (χ4n) is 4.55. The predicted octanol–water partition coefficient (Wildman–Crippen LogP) is 4.55. The average molecular weight is 335 g/mol. The van der Waals surface area contributed by atoms with Crippen molar-refractivity contribution >= 4 is 54.9 Å². The van der Waals surface area contributed by atoms with E-state index >= 15 is 0 Å². The van der Waals surface area contributed by atoms with Crippen LogP contribution < -0.4 is 5.32 Å².